The number of carbonyl (C=O) groups is 2. The van der Waals surface area contributed by atoms with Gasteiger partial charge in [-0.2, -0.15) is 0 Å². The Bertz CT molecular complexity index is 643. The molecule has 0 saturated carbocycles. The molecule has 1 aromatic carbocycles. The first kappa shape index (κ1) is 16.4. The van der Waals surface area contributed by atoms with Crippen molar-refractivity contribution in [2.45, 2.75) is 19.9 Å². The number of nitrogens with one attached hydrogen (secondary N) is 2. The number of rotatable bonds is 5. The molecule has 0 aliphatic heterocycles. The van der Waals surface area contributed by atoms with Crippen molar-refractivity contribution in [3.05, 3.63) is 40.4 Å². The number of hydrogen-bond donors (Lipinski definition) is 2. The second-order valence-electron chi connectivity index (χ2n) is 4.94. The molecular weight excluding hydrogens is 324 g/mol. The Labute approximate surface area is 136 Å². The Hall–Kier alpha value is -1.99. The molecule has 2 rings (SSSR count). The summed E-state index contributed by atoms with van der Waals surface area (Å²) in [7, 11) is 0. The van der Waals surface area contributed by atoms with Crippen LogP contribution >= 0.6 is 22.9 Å². The van der Waals surface area contributed by atoms with Crippen molar-refractivity contribution in [1.82, 2.24) is 15.5 Å². The van der Waals surface area contributed by atoms with E-state index in [0.717, 1.165) is 0 Å². The van der Waals surface area contributed by atoms with Gasteiger partial charge in [0.2, 0.25) is 11.0 Å². The van der Waals surface area contributed by atoms with Gasteiger partial charge in [-0.05, 0) is 30.2 Å². The van der Waals surface area contributed by atoms with Crippen molar-refractivity contribution in [3.8, 4) is 0 Å². The molecule has 1 heterocycles. The third-order valence-electron chi connectivity index (χ3n) is 2.93. The fourth-order valence-corrected chi connectivity index (χ4v) is 2.35. The molecule has 0 radical (unpaired) electrons. The van der Waals surface area contributed by atoms with Crippen LogP contribution in [-0.4, -0.2) is 28.1 Å². The molecule has 0 aliphatic carbocycles. The molecule has 0 fully saturated rings. The van der Waals surface area contributed by atoms with Gasteiger partial charge in [0.15, 0.2) is 0 Å². The van der Waals surface area contributed by atoms with Crippen molar-refractivity contribution in [2.75, 3.05) is 5.32 Å². The second kappa shape index (κ2) is 7.33. The maximum absolute atomic E-state index is 12.3. The van der Waals surface area contributed by atoms with Crippen LogP contribution in [0, 0.1) is 5.92 Å². The van der Waals surface area contributed by atoms with Crippen LogP contribution < -0.4 is 10.6 Å². The third kappa shape index (κ3) is 4.25. The third-order valence-corrected chi connectivity index (χ3v) is 3.79. The minimum atomic E-state index is -0.674. The Morgan fingerprint density at radius 1 is 1.23 bits per heavy atom. The van der Waals surface area contributed by atoms with Gasteiger partial charge in [-0.25, -0.2) is 0 Å². The van der Waals surface area contributed by atoms with Crippen molar-refractivity contribution in [1.29, 1.82) is 0 Å². The molecule has 2 amide bonds. The smallest absolute Gasteiger partial charge is 0.251 e. The van der Waals surface area contributed by atoms with E-state index in [1.165, 1.54) is 16.8 Å². The van der Waals surface area contributed by atoms with Gasteiger partial charge in [0.05, 0.1) is 0 Å². The van der Waals surface area contributed by atoms with E-state index >= 15 is 0 Å². The number of halogens is 1. The number of anilines is 1. The lowest BCUT2D eigenvalue weighted by molar-refractivity contribution is -0.118. The van der Waals surface area contributed by atoms with E-state index in [-0.39, 0.29) is 17.7 Å². The summed E-state index contributed by atoms with van der Waals surface area (Å²) in [4.78, 5) is 24.5. The van der Waals surface area contributed by atoms with E-state index in [4.69, 9.17) is 11.6 Å². The predicted octanol–water partition coefficient (Wildman–Crippen LogP) is 2.58. The highest BCUT2D eigenvalue weighted by molar-refractivity contribution is 7.13. The normalized spacial score (nSPS) is 12.0. The van der Waals surface area contributed by atoms with Crippen LogP contribution in [0.15, 0.2) is 29.8 Å². The van der Waals surface area contributed by atoms with Crippen LogP contribution in [0.1, 0.15) is 24.2 Å². The summed E-state index contributed by atoms with van der Waals surface area (Å²) in [5.41, 5.74) is 1.96. The summed E-state index contributed by atoms with van der Waals surface area (Å²) < 4.78 is 0. The summed E-state index contributed by atoms with van der Waals surface area (Å²) in [6.07, 6.45) is 0. The lowest BCUT2D eigenvalue weighted by Gasteiger charge is -2.21. The van der Waals surface area contributed by atoms with Crippen LogP contribution in [0.25, 0.3) is 0 Å². The van der Waals surface area contributed by atoms with Gasteiger partial charge in [0.1, 0.15) is 11.6 Å². The molecule has 0 saturated heterocycles. The van der Waals surface area contributed by atoms with Crippen molar-refractivity contribution in [2.24, 2.45) is 5.92 Å². The predicted molar refractivity (Wildman–Crippen MR) is 86.1 cm³/mol. The second-order valence-corrected chi connectivity index (χ2v) is 6.20. The Balaban J connectivity index is 2.06. The Morgan fingerprint density at radius 3 is 2.45 bits per heavy atom. The molecule has 2 aromatic rings. The zero-order valence-electron chi connectivity index (χ0n) is 12.0. The molecule has 0 bridgehead atoms. The molecule has 116 valence electrons. The molecule has 1 unspecified atom stereocenters. The number of amides is 2. The quantitative estimate of drug-likeness (QED) is 0.877. The molecule has 6 nitrogen and oxygen atoms in total. The monoisotopic (exact) mass is 338 g/mol. The molecule has 1 aromatic heterocycles. The fraction of sp³-hybridized carbons (Fsp3) is 0.286. The van der Waals surface area contributed by atoms with E-state index < -0.39 is 6.04 Å². The summed E-state index contributed by atoms with van der Waals surface area (Å²) in [5, 5.41) is 13.7. The molecule has 0 spiro atoms. The van der Waals surface area contributed by atoms with Crippen LogP contribution in [0.4, 0.5) is 5.13 Å². The first-order valence-corrected chi connectivity index (χ1v) is 7.86. The first-order chi connectivity index (χ1) is 10.5. The van der Waals surface area contributed by atoms with Gasteiger partial charge >= 0.3 is 0 Å². The number of hydrogen-bond acceptors (Lipinski definition) is 5. The summed E-state index contributed by atoms with van der Waals surface area (Å²) >= 11 is 7.01. The summed E-state index contributed by atoms with van der Waals surface area (Å²) in [6, 6.07) is 5.80. The van der Waals surface area contributed by atoms with Gasteiger partial charge in [0.25, 0.3) is 5.91 Å². The molecule has 8 heteroatoms. The molecule has 0 aliphatic rings. The molecular formula is C14H15ClN4O2S. The lowest BCUT2D eigenvalue weighted by atomic mass is 10.0. The zero-order valence-corrected chi connectivity index (χ0v) is 13.6. The van der Waals surface area contributed by atoms with E-state index in [1.807, 2.05) is 13.8 Å². The van der Waals surface area contributed by atoms with Crippen molar-refractivity contribution < 1.29 is 9.59 Å². The highest BCUT2D eigenvalue weighted by Crippen LogP contribution is 2.13. The first-order valence-electron chi connectivity index (χ1n) is 6.61. The van der Waals surface area contributed by atoms with E-state index in [2.05, 4.69) is 20.8 Å². The fourth-order valence-electron chi connectivity index (χ4n) is 1.77. The zero-order chi connectivity index (χ0) is 16.1. The van der Waals surface area contributed by atoms with Crippen LogP contribution in [-0.2, 0) is 4.79 Å². The lowest BCUT2D eigenvalue weighted by Crippen LogP contribution is -2.47. The van der Waals surface area contributed by atoms with E-state index in [9.17, 15) is 9.59 Å². The minimum absolute atomic E-state index is 0.0795. The molecule has 1 atom stereocenters. The maximum atomic E-state index is 12.3. The average Bonchev–Trinajstić information content (AvgIpc) is 2.97. The minimum Gasteiger partial charge on any atom is -0.340 e. The van der Waals surface area contributed by atoms with Crippen LogP contribution in [0.2, 0.25) is 5.02 Å². The van der Waals surface area contributed by atoms with Gasteiger partial charge in [-0.15, -0.1) is 10.2 Å². The average molecular weight is 339 g/mol. The van der Waals surface area contributed by atoms with Gasteiger partial charge in [0, 0.05) is 10.6 Å². The van der Waals surface area contributed by atoms with Crippen molar-refractivity contribution >= 4 is 39.9 Å². The van der Waals surface area contributed by atoms with Crippen molar-refractivity contribution in [3.63, 3.8) is 0 Å². The van der Waals surface area contributed by atoms with Gasteiger partial charge in [-0.3, -0.25) is 14.9 Å². The number of aromatic nitrogens is 2. The maximum Gasteiger partial charge on any atom is 0.251 e. The Morgan fingerprint density at radius 2 is 1.91 bits per heavy atom. The molecule has 2 N–H and O–H groups in total. The Kier molecular flexibility index (Phi) is 5.46. The topological polar surface area (TPSA) is 84.0 Å². The van der Waals surface area contributed by atoms with Crippen LogP contribution in [0.3, 0.4) is 0 Å². The highest BCUT2D eigenvalue weighted by atomic mass is 35.5. The molecule has 22 heavy (non-hydrogen) atoms. The number of nitrogens with zero attached hydrogens (tertiary/aromatic N) is 2. The largest absolute Gasteiger partial charge is 0.340 e. The van der Waals surface area contributed by atoms with E-state index in [1.54, 1.807) is 24.3 Å². The van der Waals surface area contributed by atoms with Crippen LogP contribution in [0.5, 0.6) is 0 Å². The summed E-state index contributed by atoms with van der Waals surface area (Å²) in [6.45, 7) is 3.71. The highest BCUT2D eigenvalue weighted by Gasteiger charge is 2.25. The standard InChI is InChI=1S/C14H15ClN4O2S/c1-8(2)11(13(21)18-14-19-16-7-22-14)17-12(20)9-3-5-10(15)6-4-9/h3-8,11H,1-2H3,(H,17,20)(H,18,19,21). The van der Waals surface area contributed by atoms with Gasteiger partial charge < -0.3 is 5.32 Å². The summed E-state index contributed by atoms with van der Waals surface area (Å²) in [5.74, 6) is -0.735. The SMILES string of the molecule is CC(C)C(NC(=O)c1ccc(Cl)cc1)C(=O)Nc1nncs1. The van der Waals surface area contributed by atoms with Gasteiger partial charge in [-0.1, -0.05) is 36.8 Å². The van der Waals surface area contributed by atoms with E-state index in [0.29, 0.717) is 15.7 Å². The number of benzene rings is 1. The number of carbonyl (C=O) groups excluding carboxylic acids is 2.